The molecule has 0 unspecified atom stereocenters. The highest BCUT2D eigenvalue weighted by Gasteiger charge is 2.26. The van der Waals surface area contributed by atoms with E-state index in [2.05, 4.69) is 8.75 Å². The van der Waals surface area contributed by atoms with Crippen LogP contribution in [0.15, 0.2) is 29.2 Å². The average Bonchev–Trinajstić information content (AvgIpc) is 2.98. The summed E-state index contributed by atoms with van der Waals surface area (Å²) >= 11 is 0.740. The van der Waals surface area contributed by atoms with Gasteiger partial charge in [0.2, 0.25) is 0 Å². The minimum absolute atomic E-state index is 0.0203. The molecule has 5 nitrogen and oxygen atoms in total. The van der Waals surface area contributed by atoms with E-state index in [0.29, 0.717) is 0 Å². The predicted octanol–water partition coefficient (Wildman–Crippen LogP) is 3.05. The zero-order valence-corrected chi connectivity index (χ0v) is 12.5. The van der Waals surface area contributed by atoms with Crippen molar-refractivity contribution in [1.82, 2.24) is 8.75 Å². The number of benzene rings is 2. The number of sulfonamides is 1. The Bertz CT molecular complexity index is 994. The van der Waals surface area contributed by atoms with Crippen LogP contribution in [0.25, 0.3) is 11.0 Å². The highest BCUT2D eigenvalue weighted by atomic mass is 32.2. The third-order valence-corrected chi connectivity index (χ3v) is 4.81. The molecule has 0 atom stereocenters. The molecule has 11 heteroatoms. The van der Waals surface area contributed by atoms with Crippen molar-refractivity contribution in [3.05, 3.63) is 47.5 Å². The fraction of sp³-hybridized carbons (Fsp3) is 0. The van der Waals surface area contributed by atoms with Gasteiger partial charge in [-0.15, -0.1) is 0 Å². The molecule has 0 spiro atoms. The molecule has 3 aromatic rings. The molecule has 0 aliphatic carbocycles. The highest BCUT2D eigenvalue weighted by molar-refractivity contribution is 7.93. The summed E-state index contributed by atoms with van der Waals surface area (Å²) in [6.07, 6.45) is 0. The van der Waals surface area contributed by atoms with Crippen molar-refractivity contribution in [2.45, 2.75) is 4.90 Å². The van der Waals surface area contributed by atoms with Crippen molar-refractivity contribution in [1.29, 1.82) is 0 Å². The molecule has 1 aromatic heterocycles. The number of hydrogen-bond donors (Lipinski definition) is 1. The SMILES string of the molecule is O=S(=O)(Nc1c(F)c(F)cc(F)c1F)c1cccc2nsnc12. The van der Waals surface area contributed by atoms with Crippen LogP contribution in [0.3, 0.4) is 0 Å². The maximum atomic E-state index is 13.6. The Morgan fingerprint density at radius 2 is 1.65 bits per heavy atom. The molecule has 1 N–H and O–H groups in total. The van der Waals surface area contributed by atoms with Crippen LogP contribution in [0.2, 0.25) is 0 Å². The molecule has 0 bridgehead atoms. The third-order valence-electron chi connectivity index (χ3n) is 2.89. The summed E-state index contributed by atoms with van der Waals surface area (Å²) < 4.78 is 87.2. The lowest BCUT2D eigenvalue weighted by atomic mass is 10.3. The summed E-state index contributed by atoms with van der Waals surface area (Å²) in [6.45, 7) is 0. The van der Waals surface area contributed by atoms with Crippen LogP contribution in [-0.4, -0.2) is 17.2 Å². The lowest BCUT2D eigenvalue weighted by Gasteiger charge is -2.11. The Labute approximate surface area is 131 Å². The van der Waals surface area contributed by atoms with Crippen molar-refractivity contribution in [2.24, 2.45) is 0 Å². The van der Waals surface area contributed by atoms with E-state index in [1.165, 1.54) is 16.9 Å². The van der Waals surface area contributed by atoms with Crippen LogP contribution in [0, 0.1) is 23.3 Å². The van der Waals surface area contributed by atoms with E-state index in [1.807, 2.05) is 0 Å². The van der Waals surface area contributed by atoms with Gasteiger partial charge in [0.25, 0.3) is 10.0 Å². The van der Waals surface area contributed by atoms with Gasteiger partial charge >= 0.3 is 0 Å². The number of hydrogen-bond acceptors (Lipinski definition) is 5. The molecule has 0 amide bonds. The van der Waals surface area contributed by atoms with Crippen molar-refractivity contribution < 1.29 is 26.0 Å². The van der Waals surface area contributed by atoms with Crippen LogP contribution in [0.1, 0.15) is 0 Å². The van der Waals surface area contributed by atoms with Gasteiger partial charge in [0.1, 0.15) is 21.6 Å². The van der Waals surface area contributed by atoms with Gasteiger partial charge in [-0.3, -0.25) is 4.72 Å². The first-order valence-electron chi connectivity index (χ1n) is 5.88. The first-order chi connectivity index (χ1) is 10.8. The highest BCUT2D eigenvalue weighted by Crippen LogP contribution is 2.28. The largest absolute Gasteiger partial charge is 0.274 e. The Kier molecular flexibility index (Phi) is 3.68. The smallest absolute Gasteiger partial charge is 0.264 e. The van der Waals surface area contributed by atoms with Gasteiger partial charge in [0, 0.05) is 6.07 Å². The van der Waals surface area contributed by atoms with E-state index in [0.717, 1.165) is 17.8 Å². The predicted molar refractivity (Wildman–Crippen MR) is 74.5 cm³/mol. The molecule has 0 fully saturated rings. The summed E-state index contributed by atoms with van der Waals surface area (Å²) in [4.78, 5) is -0.424. The summed E-state index contributed by atoms with van der Waals surface area (Å²) in [5.41, 5.74) is -1.21. The quantitative estimate of drug-likeness (QED) is 0.574. The topological polar surface area (TPSA) is 72.0 Å². The molecular formula is C12H5F4N3O2S2. The molecule has 0 saturated carbocycles. The number of aromatic nitrogens is 2. The molecule has 23 heavy (non-hydrogen) atoms. The second kappa shape index (κ2) is 5.42. The van der Waals surface area contributed by atoms with Crippen molar-refractivity contribution in [3.63, 3.8) is 0 Å². The number of halogens is 4. The maximum Gasteiger partial charge on any atom is 0.264 e. The van der Waals surface area contributed by atoms with Gasteiger partial charge in [-0.25, -0.2) is 26.0 Å². The lowest BCUT2D eigenvalue weighted by Crippen LogP contribution is -2.17. The normalized spacial score (nSPS) is 11.8. The second-order valence-corrected chi connectivity index (χ2v) is 6.52. The minimum atomic E-state index is -4.55. The molecule has 3 rings (SSSR count). The minimum Gasteiger partial charge on any atom is -0.274 e. The van der Waals surface area contributed by atoms with Crippen LogP contribution >= 0.6 is 11.7 Å². The fourth-order valence-electron chi connectivity index (χ4n) is 1.85. The first kappa shape index (κ1) is 15.6. The Hall–Kier alpha value is -2.27. The van der Waals surface area contributed by atoms with Gasteiger partial charge in [-0.2, -0.15) is 8.75 Å². The molecule has 0 radical (unpaired) electrons. The van der Waals surface area contributed by atoms with Crippen LogP contribution in [0.5, 0.6) is 0 Å². The average molecular weight is 363 g/mol. The van der Waals surface area contributed by atoms with E-state index in [4.69, 9.17) is 0 Å². The van der Waals surface area contributed by atoms with Gasteiger partial charge in [0.05, 0.1) is 11.7 Å². The molecule has 1 heterocycles. The zero-order chi connectivity index (χ0) is 16.8. The standard InChI is InChI=1S/C12H5F4N3O2S2/c13-5-4-6(14)10(16)12(9(5)15)19-23(20,21)8-3-1-2-7-11(8)18-22-17-7/h1-4,19H. The molecule has 2 aromatic carbocycles. The first-order valence-corrected chi connectivity index (χ1v) is 8.09. The maximum absolute atomic E-state index is 13.6. The number of fused-ring (bicyclic) bond motifs is 1. The number of nitrogens with one attached hydrogen (secondary N) is 1. The second-order valence-electron chi connectivity index (χ2n) is 4.34. The molecule has 0 aliphatic rings. The number of nitrogens with zero attached hydrogens (tertiary/aromatic N) is 2. The van der Waals surface area contributed by atoms with Gasteiger partial charge in [-0.05, 0) is 12.1 Å². The summed E-state index contributed by atoms with van der Waals surface area (Å²) in [5.74, 6) is -7.16. The van der Waals surface area contributed by atoms with Crippen LogP contribution in [-0.2, 0) is 10.0 Å². The van der Waals surface area contributed by atoms with Gasteiger partial charge in [-0.1, -0.05) is 6.07 Å². The third kappa shape index (κ3) is 2.61. The lowest BCUT2D eigenvalue weighted by molar-refractivity contribution is 0.459. The molecular weight excluding hydrogens is 358 g/mol. The molecule has 120 valence electrons. The Morgan fingerprint density at radius 3 is 2.30 bits per heavy atom. The van der Waals surface area contributed by atoms with Crippen molar-refractivity contribution in [3.8, 4) is 0 Å². The van der Waals surface area contributed by atoms with Crippen molar-refractivity contribution in [2.75, 3.05) is 4.72 Å². The zero-order valence-electron chi connectivity index (χ0n) is 10.8. The van der Waals surface area contributed by atoms with E-state index >= 15 is 0 Å². The number of anilines is 1. The Morgan fingerprint density at radius 1 is 1.00 bits per heavy atom. The summed E-state index contributed by atoms with van der Waals surface area (Å²) in [6, 6.07) is 3.93. The summed E-state index contributed by atoms with van der Waals surface area (Å²) in [7, 11) is -4.55. The van der Waals surface area contributed by atoms with E-state index in [-0.39, 0.29) is 17.1 Å². The fourth-order valence-corrected chi connectivity index (χ4v) is 3.68. The monoisotopic (exact) mass is 363 g/mol. The van der Waals surface area contributed by atoms with Gasteiger partial charge < -0.3 is 0 Å². The molecule has 0 aliphatic heterocycles. The number of rotatable bonds is 3. The Balaban J connectivity index is 2.15. The van der Waals surface area contributed by atoms with E-state index in [1.54, 1.807) is 0 Å². The van der Waals surface area contributed by atoms with Crippen molar-refractivity contribution >= 4 is 38.5 Å². The van der Waals surface area contributed by atoms with E-state index in [9.17, 15) is 26.0 Å². The van der Waals surface area contributed by atoms with Crippen LogP contribution < -0.4 is 4.72 Å². The summed E-state index contributed by atoms with van der Waals surface area (Å²) in [5, 5.41) is 0. The molecule has 0 saturated heterocycles. The van der Waals surface area contributed by atoms with Gasteiger partial charge in [0.15, 0.2) is 23.3 Å². The van der Waals surface area contributed by atoms with E-state index < -0.39 is 43.9 Å². The van der Waals surface area contributed by atoms with Crippen LogP contribution in [0.4, 0.5) is 23.2 Å².